The van der Waals surface area contributed by atoms with Crippen LogP contribution < -0.4 is 4.74 Å². The Morgan fingerprint density at radius 2 is 2.04 bits per heavy atom. The second-order valence-electron chi connectivity index (χ2n) is 7.01. The Kier molecular flexibility index (Phi) is 4.51. The van der Waals surface area contributed by atoms with Crippen molar-refractivity contribution in [2.45, 2.75) is 39.4 Å². The van der Waals surface area contributed by atoms with Crippen LogP contribution in [0.4, 0.5) is 13.2 Å². The van der Waals surface area contributed by atoms with Crippen LogP contribution in [-0.2, 0) is 22.3 Å². The molecule has 2 aliphatic rings. The van der Waals surface area contributed by atoms with E-state index in [0.717, 1.165) is 12.1 Å². The third kappa shape index (κ3) is 3.37. The summed E-state index contributed by atoms with van der Waals surface area (Å²) >= 11 is 0. The second kappa shape index (κ2) is 6.35. The average molecular weight is 355 g/mol. The highest BCUT2D eigenvalue weighted by Crippen LogP contribution is 2.38. The first-order chi connectivity index (χ1) is 11.7. The van der Waals surface area contributed by atoms with E-state index in [4.69, 9.17) is 4.74 Å². The Balaban J connectivity index is 1.80. The molecule has 7 heteroatoms. The molecule has 136 valence electrons. The zero-order valence-electron chi connectivity index (χ0n) is 14.1. The van der Waals surface area contributed by atoms with Crippen molar-refractivity contribution in [2.75, 3.05) is 6.73 Å². The smallest absolute Gasteiger partial charge is 0.416 e. The minimum absolute atomic E-state index is 0.00724. The summed E-state index contributed by atoms with van der Waals surface area (Å²) in [6.45, 7) is 3.87. The molecule has 3 rings (SSSR count). The number of alkyl halides is 3. The predicted octanol–water partition coefficient (Wildman–Crippen LogP) is 3.64. The van der Waals surface area contributed by atoms with Gasteiger partial charge < -0.3 is 9.64 Å². The van der Waals surface area contributed by atoms with Crippen molar-refractivity contribution in [3.63, 3.8) is 0 Å². The first-order valence-corrected chi connectivity index (χ1v) is 8.33. The molecule has 1 aliphatic heterocycles. The van der Waals surface area contributed by atoms with E-state index in [9.17, 15) is 22.8 Å². The van der Waals surface area contributed by atoms with Crippen molar-refractivity contribution < 1.29 is 27.5 Å². The Hall–Kier alpha value is -2.05. The number of rotatable bonds is 2. The summed E-state index contributed by atoms with van der Waals surface area (Å²) in [5.74, 6) is -0.448. The molecule has 1 aromatic rings. The summed E-state index contributed by atoms with van der Waals surface area (Å²) in [7, 11) is 0. The van der Waals surface area contributed by atoms with E-state index in [2.05, 4.69) is 0 Å². The fourth-order valence-corrected chi connectivity index (χ4v) is 3.78. The molecule has 1 heterocycles. The molecule has 0 radical (unpaired) electrons. The summed E-state index contributed by atoms with van der Waals surface area (Å²) in [4.78, 5) is 26.3. The van der Waals surface area contributed by atoms with E-state index in [-0.39, 0.29) is 36.8 Å². The Bertz CT molecular complexity index is 699. The van der Waals surface area contributed by atoms with Gasteiger partial charge in [0.15, 0.2) is 6.73 Å². The van der Waals surface area contributed by atoms with Gasteiger partial charge in [-0.3, -0.25) is 9.59 Å². The van der Waals surface area contributed by atoms with Gasteiger partial charge in [0.1, 0.15) is 11.5 Å². The summed E-state index contributed by atoms with van der Waals surface area (Å²) in [5, 5.41) is 0. The van der Waals surface area contributed by atoms with Gasteiger partial charge in [-0.1, -0.05) is 13.8 Å². The van der Waals surface area contributed by atoms with Crippen molar-refractivity contribution in [3.8, 4) is 5.75 Å². The van der Waals surface area contributed by atoms with Gasteiger partial charge >= 0.3 is 6.18 Å². The Morgan fingerprint density at radius 3 is 2.68 bits per heavy atom. The largest absolute Gasteiger partial charge is 0.473 e. The molecule has 0 aromatic heterocycles. The first kappa shape index (κ1) is 17.8. The van der Waals surface area contributed by atoms with Gasteiger partial charge in [0.05, 0.1) is 12.1 Å². The molecule has 2 unspecified atom stereocenters. The number of carbonyl (C=O) groups excluding carboxylic acids is 2. The van der Waals surface area contributed by atoms with Gasteiger partial charge in [-0.15, -0.1) is 0 Å². The number of benzene rings is 1. The average Bonchev–Trinajstić information content (AvgIpc) is 2.94. The zero-order chi connectivity index (χ0) is 18.4. The lowest BCUT2D eigenvalue weighted by atomic mass is 9.84. The topological polar surface area (TPSA) is 46.6 Å². The molecule has 25 heavy (non-hydrogen) atoms. The molecule has 0 bridgehead atoms. The summed E-state index contributed by atoms with van der Waals surface area (Å²) in [6.07, 6.45) is -3.57. The van der Waals surface area contributed by atoms with Crippen LogP contribution in [0.5, 0.6) is 5.75 Å². The quantitative estimate of drug-likeness (QED) is 0.814. The Labute approximate surface area is 143 Å². The molecule has 2 atom stereocenters. The zero-order valence-corrected chi connectivity index (χ0v) is 14.1. The molecule has 0 saturated heterocycles. The lowest BCUT2D eigenvalue weighted by molar-refractivity contribution is -0.143. The number of halogens is 3. The van der Waals surface area contributed by atoms with E-state index in [1.807, 2.05) is 13.8 Å². The minimum Gasteiger partial charge on any atom is -0.473 e. The molecule has 4 nitrogen and oxygen atoms in total. The number of nitrogens with zero attached hydrogens (tertiary/aromatic N) is 1. The van der Waals surface area contributed by atoms with Crippen LogP contribution in [0.15, 0.2) is 18.2 Å². The van der Waals surface area contributed by atoms with Gasteiger partial charge in [0.25, 0.3) is 0 Å². The molecule has 0 N–H and O–H groups in total. The molecule has 0 spiro atoms. The van der Waals surface area contributed by atoms with E-state index < -0.39 is 17.7 Å². The van der Waals surface area contributed by atoms with E-state index >= 15 is 0 Å². The van der Waals surface area contributed by atoms with Crippen molar-refractivity contribution in [1.82, 2.24) is 4.90 Å². The third-order valence-corrected chi connectivity index (χ3v) is 4.98. The number of carbonyl (C=O) groups is 2. The molecular weight excluding hydrogens is 335 g/mol. The number of fused-ring (bicyclic) bond motifs is 1. The van der Waals surface area contributed by atoms with Crippen LogP contribution in [0.3, 0.4) is 0 Å². The molecule has 1 aromatic carbocycles. The number of ketones is 1. The van der Waals surface area contributed by atoms with Crippen LogP contribution in [0.25, 0.3) is 0 Å². The number of hydrogen-bond donors (Lipinski definition) is 0. The van der Waals surface area contributed by atoms with Gasteiger partial charge in [-0.25, -0.2) is 0 Å². The number of amides is 1. The van der Waals surface area contributed by atoms with E-state index in [1.165, 1.54) is 11.0 Å². The molecule has 1 aliphatic carbocycles. The molecule has 1 saturated carbocycles. The van der Waals surface area contributed by atoms with Crippen LogP contribution in [0.1, 0.15) is 37.8 Å². The van der Waals surface area contributed by atoms with Crippen LogP contribution in [0.2, 0.25) is 0 Å². The van der Waals surface area contributed by atoms with Crippen molar-refractivity contribution in [2.24, 2.45) is 17.8 Å². The molecular formula is C18H20F3NO3. The highest BCUT2D eigenvalue weighted by molar-refractivity contribution is 5.92. The maximum absolute atomic E-state index is 12.9. The van der Waals surface area contributed by atoms with E-state index in [0.29, 0.717) is 24.2 Å². The Morgan fingerprint density at radius 1 is 1.32 bits per heavy atom. The third-order valence-electron chi connectivity index (χ3n) is 4.98. The second-order valence-corrected chi connectivity index (χ2v) is 7.01. The summed E-state index contributed by atoms with van der Waals surface area (Å²) in [5.41, 5.74) is -0.430. The normalized spacial score (nSPS) is 23.6. The van der Waals surface area contributed by atoms with Crippen molar-refractivity contribution in [3.05, 3.63) is 29.3 Å². The lowest BCUT2D eigenvalue weighted by Gasteiger charge is -2.33. The predicted molar refractivity (Wildman–Crippen MR) is 83.5 cm³/mol. The fourth-order valence-electron chi connectivity index (χ4n) is 3.78. The van der Waals surface area contributed by atoms with Crippen molar-refractivity contribution in [1.29, 1.82) is 0 Å². The number of ether oxygens (including phenoxy) is 1. The maximum Gasteiger partial charge on any atom is 0.416 e. The number of hydrogen-bond acceptors (Lipinski definition) is 3. The number of Topliss-reactive ketones (excluding diaryl/α,β-unsaturated/α-hetero) is 1. The summed E-state index contributed by atoms with van der Waals surface area (Å²) in [6, 6.07) is 3.28. The molecule has 1 fully saturated rings. The van der Waals surface area contributed by atoms with Gasteiger partial charge in [0.2, 0.25) is 5.91 Å². The highest BCUT2D eigenvalue weighted by Gasteiger charge is 2.43. The molecule has 1 amide bonds. The summed E-state index contributed by atoms with van der Waals surface area (Å²) < 4.78 is 44.1. The standard InChI is InChI=1S/C18H20F3NO3/c1-10(2)16-13(4-5-14(16)23)17(24)22-8-11-7-12(18(19,20)21)3-6-15(11)25-9-22/h3,6-7,10,13,16H,4-5,8-9H2,1-2H3. The lowest BCUT2D eigenvalue weighted by Crippen LogP contribution is -2.43. The van der Waals surface area contributed by atoms with Gasteiger partial charge in [0, 0.05) is 23.8 Å². The van der Waals surface area contributed by atoms with Crippen LogP contribution in [-0.4, -0.2) is 23.3 Å². The van der Waals surface area contributed by atoms with Crippen LogP contribution in [0, 0.1) is 17.8 Å². The van der Waals surface area contributed by atoms with Gasteiger partial charge in [-0.05, 0) is 30.5 Å². The maximum atomic E-state index is 12.9. The monoisotopic (exact) mass is 355 g/mol. The first-order valence-electron chi connectivity index (χ1n) is 8.33. The van der Waals surface area contributed by atoms with Gasteiger partial charge in [-0.2, -0.15) is 13.2 Å². The SMILES string of the molecule is CC(C)C1C(=O)CCC1C(=O)N1COc2ccc(C(F)(F)F)cc2C1. The van der Waals surface area contributed by atoms with Crippen LogP contribution >= 0.6 is 0 Å². The van der Waals surface area contributed by atoms with E-state index in [1.54, 1.807) is 0 Å². The van der Waals surface area contributed by atoms with Crippen molar-refractivity contribution >= 4 is 11.7 Å². The minimum atomic E-state index is -4.44. The highest BCUT2D eigenvalue weighted by atomic mass is 19.4. The fraction of sp³-hybridized carbons (Fsp3) is 0.556.